The molecule has 19 heavy (non-hydrogen) atoms. The first-order valence-corrected chi connectivity index (χ1v) is 5.42. The van der Waals surface area contributed by atoms with Crippen LogP contribution in [0.25, 0.3) is 0 Å². The summed E-state index contributed by atoms with van der Waals surface area (Å²) in [5.41, 5.74) is 0.259. The molecule has 1 atom stereocenters. The summed E-state index contributed by atoms with van der Waals surface area (Å²) >= 11 is 0. The third-order valence-corrected chi connectivity index (χ3v) is 2.77. The van der Waals surface area contributed by atoms with Gasteiger partial charge < -0.3 is 19.4 Å². The van der Waals surface area contributed by atoms with Crippen molar-refractivity contribution in [1.82, 2.24) is 0 Å². The number of fused-ring (bicyclic) bond motifs is 1. The lowest BCUT2D eigenvalue weighted by Gasteiger charge is -2.10. The molecule has 0 aliphatic carbocycles. The van der Waals surface area contributed by atoms with Crippen molar-refractivity contribution in [3.8, 4) is 17.2 Å². The van der Waals surface area contributed by atoms with E-state index in [2.05, 4.69) is 5.16 Å². The Hall–Kier alpha value is -2.51. The predicted octanol–water partition coefficient (Wildman–Crippen LogP) is 1.27. The van der Waals surface area contributed by atoms with Gasteiger partial charge in [0.2, 0.25) is 12.5 Å². The van der Waals surface area contributed by atoms with Gasteiger partial charge in [-0.3, -0.25) is 10.1 Å². The second-order valence-corrected chi connectivity index (χ2v) is 3.86. The molecular weight excluding hydrogens is 256 g/mol. The molecule has 0 aromatic heterocycles. The van der Waals surface area contributed by atoms with Gasteiger partial charge in [-0.1, -0.05) is 5.16 Å². The number of oxime groups is 1. The average Bonchev–Trinajstić information content (AvgIpc) is 2.86. The second-order valence-electron chi connectivity index (χ2n) is 3.86. The molecule has 8 nitrogen and oxygen atoms in total. The molecule has 0 radical (unpaired) electrons. The first kappa shape index (κ1) is 12.9. The van der Waals surface area contributed by atoms with Gasteiger partial charge in [-0.25, -0.2) is 0 Å². The molecule has 0 unspecified atom stereocenters. The number of rotatable bonds is 4. The van der Waals surface area contributed by atoms with E-state index in [0.717, 1.165) is 0 Å². The van der Waals surface area contributed by atoms with Gasteiger partial charge in [0.25, 0.3) is 6.04 Å². The fourth-order valence-corrected chi connectivity index (χ4v) is 1.76. The van der Waals surface area contributed by atoms with Gasteiger partial charge in [-0.05, 0) is 12.1 Å². The van der Waals surface area contributed by atoms with Crippen molar-refractivity contribution < 1.29 is 24.3 Å². The lowest BCUT2D eigenvalue weighted by atomic mass is 10.0. The summed E-state index contributed by atoms with van der Waals surface area (Å²) in [7, 11) is 1.44. The topological polar surface area (TPSA) is 103 Å². The van der Waals surface area contributed by atoms with Crippen molar-refractivity contribution >= 4 is 5.71 Å². The summed E-state index contributed by atoms with van der Waals surface area (Å²) in [5.74, 6) is 1.19. The van der Waals surface area contributed by atoms with E-state index in [1.54, 1.807) is 0 Å². The molecule has 1 heterocycles. The first-order valence-electron chi connectivity index (χ1n) is 5.42. The van der Waals surface area contributed by atoms with Gasteiger partial charge in [0.1, 0.15) is 0 Å². The largest absolute Gasteiger partial charge is 0.493 e. The number of benzene rings is 1. The van der Waals surface area contributed by atoms with Gasteiger partial charge in [0.15, 0.2) is 17.2 Å². The SMILES string of the molecule is COc1cc(/C(=N/O)[C@H](C)[N+](=O)[O-])cc2c1OCO2. The summed E-state index contributed by atoms with van der Waals surface area (Å²) in [4.78, 5) is 10.2. The Bertz CT molecular complexity index is 542. The second kappa shape index (κ2) is 5.01. The summed E-state index contributed by atoms with van der Waals surface area (Å²) in [5, 5.41) is 22.8. The molecule has 0 saturated heterocycles. The van der Waals surface area contributed by atoms with E-state index in [-0.39, 0.29) is 12.5 Å². The molecule has 2 rings (SSSR count). The van der Waals surface area contributed by atoms with Crippen LogP contribution in [0.1, 0.15) is 12.5 Å². The van der Waals surface area contributed by atoms with Crippen LogP contribution in [0.15, 0.2) is 17.3 Å². The average molecular weight is 268 g/mol. The third-order valence-electron chi connectivity index (χ3n) is 2.77. The smallest absolute Gasteiger partial charge is 0.255 e. The zero-order chi connectivity index (χ0) is 14.0. The minimum atomic E-state index is -1.16. The van der Waals surface area contributed by atoms with Crippen LogP contribution >= 0.6 is 0 Å². The van der Waals surface area contributed by atoms with E-state index in [1.807, 2.05) is 0 Å². The molecule has 8 heteroatoms. The Kier molecular flexibility index (Phi) is 3.41. The van der Waals surface area contributed by atoms with Crippen LogP contribution < -0.4 is 14.2 Å². The number of ether oxygens (including phenoxy) is 3. The number of nitro groups is 1. The van der Waals surface area contributed by atoms with Crippen molar-refractivity contribution in [1.29, 1.82) is 0 Å². The van der Waals surface area contributed by atoms with Gasteiger partial charge >= 0.3 is 0 Å². The van der Waals surface area contributed by atoms with Crippen LogP contribution in [-0.2, 0) is 0 Å². The highest BCUT2D eigenvalue weighted by atomic mass is 16.7. The quantitative estimate of drug-likeness (QED) is 0.381. The molecule has 1 aliphatic rings. The molecule has 1 aromatic rings. The fourth-order valence-electron chi connectivity index (χ4n) is 1.76. The van der Waals surface area contributed by atoms with Gasteiger partial charge in [-0.15, -0.1) is 0 Å². The first-order chi connectivity index (χ1) is 9.08. The Morgan fingerprint density at radius 1 is 1.58 bits per heavy atom. The molecule has 1 aliphatic heterocycles. The lowest BCUT2D eigenvalue weighted by Crippen LogP contribution is -2.27. The van der Waals surface area contributed by atoms with Crippen molar-refractivity contribution in [2.24, 2.45) is 5.16 Å². The molecular formula is C11H12N2O6. The Morgan fingerprint density at radius 3 is 2.89 bits per heavy atom. The predicted molar refractivity (Wildman–Crippen MR) is 63.9 cm³/mol. The normalized spacial score (nSPS) is 15.2. The van der Waals surface area contributed by atoms with Gasteiger partial charge in [0.05, 0.1) is 7.11 Å². The van der Waals surface area contributed by atoms with E-state index < -0.39 is 11.0 Å². The Labute approximate surface area is 108 Å². The molecule has 1 aromatic carbocycles. The Balaban J connectivity index is 2.48. The van der Waals surface area contributed by atoms with Crippen LogP contribution in [0.2, 0.25) is 0 Å². The lowest BCUT2D eigenvalue weighted by molar-refractivity contribution is -0.498. The van der Waals surface area contributed by atoms with Crippen LogP contribution in [0.4, 0.5) is 0 Å². The summed E-state index contributed by atoms with van der Waals surface area (Å²) in [6.07, 6.45) is 0. The maximum absolute atomic E-state index is 10.8. The fraction of sp³-hybridized carbons (Fsp3) is 0.364. The van der Waals surface area contributed by atoms with E-state index in [1.165, 1.54) is 26.2 Å². The van der Waals surface area contributed by atoms with Crippen LogP contribution in [0.3, 0.4) is 0 Å². The highest BCUT2D eigenvalue weighted by Gasteiger charge is 2.28. The number of methoxy groups -OCH3 is 1. The summed E-state index contributed by atoms with van der Waals surface area (Å²) < 4.78 is 15.5. The zero-order valence-electron chi connectivity index (χ0n) is 10.3. The molecule has 1 N–H and O–H groups in total. The Morgan fingerprint density at radius 2 is 2.32 bits per heavy atom. The van der Waals surface area contributed by atoms with Crippen molar-refractivity contribution in [3.05, 3.63) is 27.8 Å². The van der Waals surface area contributed by atoms with Gasteiger partial charge in [-0.2, -0.15) is 0 Å². The zero-order valence-corrected chi connectivity index (χ0v) is 10.3. The number of hydrogen-bond acceptors (Lipinski definition) is 7. The minimum absolute atomic E-state index is 0.0472. The van der Waals surface area contributed by atoms with E-state index in [4.69, 9.17) is 19.4 Å². The molecule has 0 spiro atoms. The van der Waals surface area contributed by atoms with Crippen LogP contribution in [-0.4, -0.2) is 35.8 Å². The summed E-state index contributed by atoms with van der Waals surface area (Å²) in [6.45, 7) is 1.37. The van der Waals surface area contributed by atoms with E-state index in [9.17, 15) is 10.1 Å². The summed E-state index contributed by atoms with van der Waals surface area (Å²) in [6, 6.07) is 1.86. The molecule has 0 bridgehead atoms. The molecule has 0 fully saturated rings. The molecule has 0 amide bonds. The van der Waals surface area contributed by atoms with Crippen LogP contribution in [0, 0.1) is 10.1 Å². The standard InChI is InChI=1S/C11H12N2O6/c1-6(13(15)16)10(12-14)7-3-8(17-2)11-9(4-7)18-5-19-11/h3-4,6,14H,5H2,1-2H3/b12-10+/t6-/m0/s1. The van der Waals surface area contributed by atoms with E-state index in [0.29, 0.717) is 22.8 Å². The minimum Gasteiger partial charge on any atom is -0.493 e. The third kappa shape index (κ3) is 2.24. The molecule has 0 saturated carbocycles. The maximum atomic E-state index is 10.8. The highest BCUT2D eigenvalue weighted by molar-refractivity contribution is 6.04. The highest BCUT2D eigenvalue weighted by Crippen LogP contribution is 2.42. The number of hydrogen-bond donors (Lipinski definition) is 1. The van der Waals surface area contributed by atoms with Crippen molar-refractivity contribution in [2.45, 2.75) is 13.0 Å². The maximum Gasteiger partial charge on any atom is 0.255 e. The molecule has 102 valence electrons. The van der Waals surface area contributed by atoms with Gasteiger partial charge in [0, 0.05) is 17.4 Å². The van der Waals surface area contributed by atoms with Crippen molar-refractivity contribution in [3.63, 3.8) is 0 Å². The van der Waals surface area contributed by atoms with Crippen molar-refractivity contribution in [2.75, 3.05) is 13.9 Å². The van der Waals surface area contributed by atoms with Crippen LogP contribution in [0.5, 0.6) is 17.2 Å². The monoisotopic (exact) mass is 268 g/mol. The van der Waals surface area contributed by atoms with E-state index >= 15 is 0 Å². The number of nitrogens with zero attached hydrogens (tertiary/aromatic N) is 2.